The van der Waals surface area contributed by atoms with Gasteiger partial charge in [0.25, 0.3) is 0 Å². The molecule has 1 aliphatic heterocycles. The van der Waals surface area contributed by atoms with Crippen LogP contribution in [0.1, 0.15) is 29.7 Å². The van der Waals surface area contributed by atoms with E-state index in [-0.39, 0.29) is 5.91 Å². The minimum absolute atomic E-state index is 0.0138. The molecular formula is C26H30N6O. The van der Waals surface area contributed by atoms with Gasteiger partial charge in [0.2, 0.25) is 5.91 Å². The van der Waals surface area contributed by atoms with Gasteiger partial charge in [-0.15, -0.1) is 5.10 Å². The van der Waals surface area contributed by atoms with E-state index in [1.165, 1.54) is 18.4 Å². The van der Waals surface area contributed by atoms with Crippen molar-refractivity contribution in [2.24, 2.45) is 5.92 Å². The molecule has 0 spiro atoms. The van der Waals surface area contributed by atoms with E-state index in [4.69, 9.17) is 0 Å². The highest BCUT2D eigenvalue weighted by Crippen LogP contribution is 2.21. The number of rotatable bonds is 8. The molecule has 5 rings (SSSR count). The summed E-state index contributed by atoms with van der Waals surface area (Å²) < 4.78 is 1.93. The van der Waals surface area contributed by atoms with Crippen LogP contribution in [0.3, 0.4) is 0 Å². The highest BCUT2D eigenvalue weighted by molar-refractivity contribution is 5.88. The van der Waals surface area contributed by atoms with Gasteiger partial charge in [-0.1, -0.05) is 53.7 Å². The number of fused-ring (bicyclic) bond motifs is 1. The lowest BCUT2D eigenvalue weighted by atomic mass is 9.96. The van der Waals surface area contributed by atoms with Crippen LogP contribution in [0, 0.1) is 5.92 Å². The second-order valence-corrected chi connectivity index (χ2v) is 8.95. The molecule has 0 saturated carbocycles. The van der Waals surface area contributed by atoms with Crippen LogP contribution < -0.4 is 5.32 Å². The van der Waals surface area contributed by atoms with Gasteiger partial charge in [0.15, 0.2) is 0 Å². The number of aromatic amines is 1. The quantitative estimate of drug-likeness (QED) is 0.438. The molecule has 33 heavy (non-hydrogen) atoms. The Kier molecular flexibility index (Phi) is 6.48. The molecule has 1 amide bonds. The lowest BCUT2D eigenvalue weighted by Crippen LogP contribution is -2.34. The summed E-state index contributed by atoms with van der Waals surface area (Å²) in [5, 5.41) is 12.6. The third kappa shape index (κ3) is 5.49. The second-order valence-electron chi connectivity index (χ2n) is 8.95. The van der Waals surface area contributed by atoms with E-state index in [0.717, 1.165) is 48.3 Å². The number of amides is 1. The summed E-state index contributed by atoms with van der Waals surface area (Å²) in [6, 6.07) is 18.7. The topological polar surface area (TPSA) is 78.8 Å². The van der Waals surface area contributed by atoms with Crippen molar-refractivity contribution >= 4 is 16.8 Å². The number of carbonyl (C=O) groups excluding carboxylic acids is 1. The summed E-state index contributed by atoms with van der Waals surface area (Å²) in [6.45, 7) is 4.54. The number of para-hydroxylation sites is 1. The van der Waals surface area contributed by atoms with Crippen LogP contribution in [-0.2, 0) is 30.8 Å². The lowest BCUT2D eigenvalue weighted by Gasteiger charge is -2.31. The number of piperidine rings is 1. The molecule has 7 heteroatoms. The molecule has 0 atom stereocenters. The van der Waals surface area contributed by atoms with Crippen molar-refractivity contribution in [2.45, 2.75) is 38.9 Å². The smallest absolute Gasteiger partial charge is 0.224 e. The number of nitrogens with one attached hydrogen (secondary N) is 2. The van der Waals surface area contributed by atoms with Crippen molar-refractivity contribution < 1.29 is 4.79 Å². The van der Waals surface area contributed by atoms with E-state index < -0.39 is 0 Å². The maximum absolute atomic E-state index is 12.4. The molecule has 170 valence electrons. The van der Waals surface area contributed by atoms with Crippen LogP contribution in [0.4, 0.5) is 0 Å². The van der Waals surface area contributed by atoms with Crippen LogP contribution in [0.5, 0.6) is 0 Å². The molecule has 1 aliphatic rings. The van der Waals surface area contributed by atoms with Gasteiger partial charge in [0, 0.05) is 30.2 Å². The molecule has 1 saturated heterocycles. The monoisotopic (exact) mass is 442 g/mol. The lowest BCUT2D eigenvalue weighted by molar-refractivity contribution is -0.120. The zero-order chi connectivity index (χ0) is 22.5. The Morgan fingerprint density at radius 2 is 1.85 bits per heavy atom. The van der Waals surface area contributed by atoms with Crippen molar-refractivity contribution in [1.29, 1.82) is 0 Å². The Hall–Kier alpha value is -3.45. The molecule has 0 aliphatic carbocycles. The number of aromatic nitrogens is 4. The molecule has 0 unspecified atom stereocenters. The van der Waals surface area contributed by atoms with E-state index in [9.17, 15) is 4.79 Å². The molecule has 0 bridgehead atoms. The molecule has 3 heterocycles. The predicted molar refractivity (Wildman–Crippen MR) is 128 cm³/mol. The Morgan fingerprint density at radius 3 is 2.70 bits per heavy atom. The first-order valence-corrected chi connectivity index (χ1v) is 11.7. The molecule has 2 aromatic carbocycles. The largest absolute Gasteiger partial charge is 0.361 e. The average molecular weight is 443 g/mol. The van der Waals surface area contributed by atoms with Gasteiger partial charge in [-0.2, -0.15) is 0 Å². The van der Waals surface area contributed by atoms with E-state index in [1.54, 1.807) is 0 Å². The number of benzene rings is 2. The standard InChI is InChI=1S/C26H30N6O/c33-26(14-22-15-27-25-9-5-4-8-24(22)25)28-16-23-19-32(30-29-23)18-21-10-12-31(13-11-21)17-20-6-2-1-3-7-20/h1-9,15,19,21,27H,10-14,16-18H2,(H,28,33). The maximum atomic E-state index is 12.4. The minimum atomic E-state index is -0.0138. The zero-order valence-corrected chi connectivity index (χ0v) is 18.8. The van der Waals surface area contributed by atoms with Gasteiger partial charge in [-0.3, -0.25) is 14.4 Å². The van der Waals surface area contributed by atoms with Crippen molar-refractivity contribution in [3.8, 4) is 0 Å². The summed E-state index contributed by atoms with van der Waals surface area (Å²) in [5.74, 6) is 0.600. The summed E-state index contributed by atoms with van der Waals surface area (Å²) in [5.41, 5.74) is 4.23. The van der Waals surface area contributed by atoms with Gasteiger partial charge in [-0.25, -0.2) is 0 Å². The second kappa shape index (κ2) is 10.0. The fourth-order valence-corrected chi connectivity index (χ4v) is 4.64. The molecule has 7 nitrogen and oxygen atoms in total. The van der Waals surface area contributed by atoms with Crippen LogP contribution in [0.15, 0.2) is 67.0 Å². The summed E-state index contributed by atoms with van der Waals surface area (Å²) >= 11 is 0. The highest BCUT2D eigenvalue weighted by atomic mass is 16.1. The van der Waals surface area contributed by atoms with Crippen LogP contribution in [-0.4, -0.2) is 43.9 Å². The number of carbonyl (C=O) groups is 1. The van der Waals surface area contributed by atoms with Crippen molar-refractivity contribution in [1.82, 2.24) is 30.2 Å². The third-order valence-electron chi connectivity index (χ3n) is 6.48. The highest BCUT2D eigenvalue weighted by Gasteiger charge is 2.20. The Balaban J connectivity index is 1.06. The van der Waals surface area contributed by atoms with Crippen LogP contribution >= 0.6 is 0 Å². The molecule has 2 aromatic heterocycles. The minimum Gasteiger partial charge on any atom is -0.361 e. The first kappa shape index (κ1) is 21.4. The van der Waals surface area contributed by atoms with Crippen LogP contribution in [0.2, 0.25) is 0 Å². The fraction of sp³-hybridized carbons (Fsp3) is 0.346. The normalized spacial score (nSPS) is 15.2. The predicted octanol–water partition coefficient (Wildman–Crippen LogP) is 3.53. The van der Waals surface area contributed by atoms with Gasteiger partial charge >= 0.3 is 0 Å². The summed E-state index contributed by atoms with van der Waals surface area (Å²) in [6.07, 6.45) is 6.56. The fourth-order valence-electron chi connectivity index (χ4n) is 4.64. The summed E-state index contributed by atoms with van der Waals surface area (Å²) in [7, 11) is 0. The molecule has 0 radical (unpaired) electrons. The van der Waals surface area contributed by atoms with Gasteiger partial charge in [-0.05, 0) is 49.0 Å². The first-order chi connectivity index (χ1) is 16.2. The Labute approximate surface area is 193 Å². The maximum Gasteiger partial charge on any atom is 0.224 e. The van der Waals surface area contributed by atoms with E-state index in [2.05, 4.69) is 55.8 Å². The van der Waals surface area contributed by atoms with Crippen molar-refractivity contribution in [2.75, 3.05) is 13.1 Å². The molecule has 4 aromatic rings. The SMILES string of the molecule is O=C(Cc1c[nH]c2ccccc12)NCc1cn(CC2CCN(Cc3ccccc3)CC2)nn1. The van der Waals surface area contributed by atoms with Gasteiger partial charge in [0.1, 0.15) is 5.69 Å². The van der Waals surface area contributed by atoms with E-state index in [0.29, 0.717) is 18.9 Å². The number of likely N-dealkylation sites (tertiary alicyclic amines) is 1. The zero-order valence-electron chi connectivity index (χ0n) is 18.8. The molecule has 1 fully saturated rings. The molecular weight excluding hydrogens is 412 g/mol. The van der Waals surface area contributed by atoms with Gasteiger partial charge < -0.3 is 10.3 Å². The van der Waals surface area contributed by atoms with E-state index >= 15 is 0 Å². The summed E-state index contributed by atoms with van der Waals surface area (Å²) in [4.78, 5) is 18.2. The first-order valence-electron chi connectivity index (χ1n) is 11.7. The number of hydrogen-bond acceptors (Lipinski definition) is 4. The van der Waals surface area contributed by atoms with Crippen molar-refractivity contribution in [3.05, 3.63) is 83.8 Å². The van der Waals surface area contributed by atoms with Crippen molar-refractivity contribution in [3.63, 3.8) is 0 Å². The molecule has 2 N–H and O–H groups in total. The number of nitrogens with zero attached hydrogens (tertiary/aromatic N) is 4. The number of H-pyrrole nitrogens is 1. The average Bonchev–Trinajstić information content (AvgIpc) is 3.47. The van der Waals surface area contributed by atoms with E-state index in [1.807, 2.05) is 41.3 Å². The Bertz CT molecular complexity index is 1190. The number of hydrogen-bond donors (Lipinski definition) is 2. The third-order valence-corrected chi connectivity index (χ3v) is 6.48. The van der Waals surface area contributed by atoms with Gasteiger partial charge in [0.05, 0.1) is 19.2 Å². The Morgan fingerprint density at radius 1 is 1.06 bits per heavy atom. The van der Waals surface area contributed by atoms with Crippen LogP contribution in [0.25, 0.3) is 10.9 Å².